The normalized spacial score (nSPS) is 11.7. The first-order valence-electron chi connectivity index (χ1n) is 14.4. The summed E-state index contributed by atoms with van der Waals surface area (Å²) in [6.07, 6.45) is 0.981. The molecule has 220 valence electrons. The van der Waals surface area contributed by atoms with E-state index in [1.807, 2.05) is 56.3 Å². The molecular formula is C34H41N5O3. The minimum atomic E-state index is -0.939. The third-order valence-electron chi connectivity index (χ3n) is 7.35. The van der Waals surface area contributed by atoms with E-state index in [0.717, 1.165) is 69.3 Å². The number of aliphatic hydroxyl groups is 1. The van der Waals surface area contributed by atoms with Crippen molar-refractivity contribution in [3.8, 4) is 11.5 Å². The number of fused-ring (bicyclic) bond motifs is 3. The molecule has 42 heavy (non-hydrogen) atoms. The van der Waals surface area contributed by atoms with Crippen molar-refractivity contribution >= 4 is 33.7 Å². The number of anilines is 2. The van der Waals surface area contributed by atoms with Crippen LogP contribution in [0.3, 0.4) is 0 Å². The average molecular weight is 568 g/mol. The maximum Gasteiger partial charge on any atom is 0.206 e. The standard InChI is InChI=1S/C34H41N5O3/c1-7-20-37(4)33-36-30-31(39(33)23-34(2,3)40)28-10-8-9-11-29(28)35-32(30)38(21-24-12-16-26(41-5)17-13-24)22-25-14-18-27(42-6)19-15-25/h8-19,40H,7,20-23H2,1-6H3. The number of ether oxygens (including phenoxy) is 2. The highest BCUT2D eigenvalue weighted by molar-refractivity contribution is 6.08. The van der Waals surface area contributed by atoms with Crippen LogP contribution in [-0.4, -0.2) is 53.1 Å². The average Bonchev–Trinajstić information content (AvgIpc) is 3.35. The van der Waals surface area contributed by atoms with Gasteiger partial charge in [0, 0.05) is 32.1 Å². The Bertz CT molecular complexity index is 1590. The highest BCUT2D eigenvalue weighted by atomic mass is 16.5. The minimum Gasteiger partial charge on any atom is -0.497 e. The fourth-order valence-corrected chi connectivity index (χ4v) is 5.40. The van der Waals surface area contributed by atoms with E-state index in [9.17, 15) is 5.11 Å². The summed E-state index contributed by atoms with van der Waals surface area (Å²) >= 11 is 0. The smallest absolute Gasteiger partial charge is 0.206 e. The Morgan fingerprint density at radius 1 is 0.833 bits per heavy atom. The molecule has 0 atom stereocenters. The third-order valence-corrected chi connectivity index (χ3v) is 7.35. The topological polar surface area (TPSA) is 75.9 Å². The number of nitrogens with zero attached hydrogens (tertiary/aromatic N) is 5. The largest absolute Gasteiger partial charge is 0.497 e. The SMILES string of the molecule is CCCN(C)c1nc2c(N(Cc3ccc(OC)cc3)Cc3ccc(OC)cc3)nc3ccccc3c2n1CC(C)(C)O. The summed E-state index contributed by atoms with van der Waals surface area (Å²) in [4.78, 5) is 14.9. The predicted molar refractivity (Wildman–Crippen MR) is 171 cm³/mol. The third kappa shape index (κ3) is 6.29. The monoisotopic (exact) mass is 567 g/mol. The van der Waals surface area contributed by atoms with Crippen LogP contribution in [0.2, 0.25) is 0 Å². The molecule has 2 aromatic heterocycles. The summed E-state index contributed by atoms with van der Waals surface area (Å²) in [5, 5.41) is 12.0. The molecule has 8 heteroatoms. The zero-order valence-corrected chi connectivity index (χ0v) is 25.5. The number of para-hydroxylation sites is 1. The van der Waals surface area contributed by atoms with Crippen molar-refractivity contribution in [1.29, 1.82) is 0 Å². The Morgan fingerprint density at radius 3 is 1.93 bits per heavy atom. The first-order chi connectivity index (χ1) is 20.2. The minimum absolute atomic E-state index is 0.400. The van der Waals surface area contributed by atoms with Crippen molar-refractivity contribution in [2.75, 3.05) is 37.6 Å². The molecule has 0 aliphatic heterocycles. The van der Waals surface area contributed by atoms with Gasteiger partial charge in [-0.1, -0.05) is 49.4 Å². The lowest BCUT2D eigenvalue weighted by Gasteiger charge is -2.26. The van der Waals surface area contributed by atoms with Gasteiger partial charge in [-0.2, -0.15) is 0 Å². The van der Waals surface area contributed by atoms with Gasteiger partial charge in [0.2, 0.25) is 5.95 Å². The number of hydrogen-bond donors (Lipinski definition) is 1. The van der Waals surface area contributed by atoms with Gasteiger partial charge in [-0.15, -0.1) is 0 Å². The van der Waals surface area contributed by atoms with Gasteiger partial charge in [0.05, 0.1) is 37.4 Å². The Hall–Kier alpha value is -4.30. The van der Waals surface area contributed by atoms with Crippen LogP contribution in [0.4, 0.5) is 11.8 Å². The van der Waals surface area contributed by atoms with Crippen LogP contribution in [0.1, 0.15) is 38.3 Å². The Kier molecular flexibility index (Phi) is 8.54. The lowest BCUT2D eigenvalue weighted by atomic mass is 10.1. The van der Waals surface area contributed by atoms with Crippen LogP contribution < -0.4 is 19.3 Å². The van der Waals surface area contributed by atoms with Gasteiger partial charge >= 0.3 is 0 Å². The van der Waals surface area contributed by atoms with E-state index in [0.29, 0.717) is 19.6 Å². The molecule has 0 amide bonds. The number of benzene rings is 3. The quantitative estimate of drug-likeness (QED) is 0.186. The molecule has 0 saturated heterocycles. The molecule has 0 radical (unpaired) electrons. The van der Waals surface area contributed by atoms with E-state index in [4.69, 9.17) is 19.4 Å². The summed E-state index contributed by atoms with van der Waals surface area (Å²) < 4.78 is 13.0. The van der Waals surface area contributed by atoms with Gasteiger partial charge in [-0.05, 0) is 61.7 Å². The maximum absolute atomic E-state index is 11.0. The number of imidazole rings is 1. The predicted octanol–water partition coefficient (Wildman–Crippen LogP) is 6.43. The number of methoxy groups -OCH3 is 2. The van der Waals surface area contributed by atoms with Crippen molar-refractivity contribution in [3.63, 3.8) is 0 Å². The lowest BCUT2D eigenvalue weighted by Crippen LogP contribution is -2.29. The van der Waals surface area contributed by atoms with Crippen LogP contribution in [0, 0.1) is 0 Å². The maximum atomic E-state index is 11.0. The Labute approximate surface area is 248 Å². The van der Waals surface area contributed by atoms with Gasteiger partial charge in [-0.3, -0.25) is 0 Å². The first-order valence-corrected chi connectivity index (χ1v) is 14.4. The first kappa shape index (κ1) is 29.2. The van der Waals surface area contributed by atoms with E-state index in [1.165, 1.54) is 0 Å². The molecule has 0 aliphatic carbocycles. The van der Waals surface area contributed by atoms with Crippen molar-refractivity contribution in [3.05, 3.63) is 83.9 Å². The Morgan fingerprint density at radius 2 is 1.40 bits per heavy atom. The van der Waals surface area contributed by atoms with Crippen LogP contribution in [0.5, 0.6) is 11.5 Å². The second kappa shape index (κ2) is 12.3. The Balaban J connectivity index is 1.74. The summed E-state index contributed by atoms with van der Waals surface area (Å²) in [5.41, 5.74) is 4.00. The number of hydrogen-bond acceptors (Lipinski definition) is 7. The molecule has 5 rings (SSSR count). The van der Waals surface area contributed by atoms with Crippen molar-refractivity contribution in [1.82, 2.24) is 14.5 Å². The zero-order chi connectivity index (χ0) is 29.9. The van der Waals surface area contributed by atoms with E-state index in [-0.39, 0.29) is 0 Å². The molecule has 3 aromatic carbocycles. The molecule has 0 aliphatic rings. The van der Waals surface area contributed by atoms with E-state index >= 15 is 0 Å². The lowest BCUT2D eigenvalue weighted by molar-refractivity contribution is 0.0631. The molecule has 0 spiro atoms. The molecule has 0 unspecified atom stereocenters. The molecule has 8 nitrogen and oxygen atoms in total. The molecule has 5 aromatic rings. The van der Waals surface area contributed by atoms with Crippen LogP contribution in [-0.2, 0) is 19.6 Å². The molecule has 0 fully saturated rings. The summed E-state index contributed by atoms with van der Waals surface area (Å²) in [5.74, 6) is 3.26. The second-order valence-corrected chi connectivity index (χ2v) is 11.4. The molecule has 2 heterocycles. The number of pyridine rings is 1. The van der Waals surface area contributed by atoms with Crippen LogP contribution in [0.15, 0.2) is 72.8 Å². The van der Waals surface area contributed by atoms with Gasteiger partial charge in [-0.25, -0.2) is 9.97 Å². The van der Waals surface area contributed by atoms with Crippen molar-refractivity contribution < 1.29 is 14.6 Å². The molecule has 0 bridgehead atoms. The van der Waals surface area contributed by atoms with E-state index in [2.05, 4.69) is 58.7 Å². The van der Waals surface area contributed by atoms with Crippen molar-refractivity contribution in [2.45, 2.75) is 52.4 Å². The van der Waals surface area contributed by atoms with Gasteiger partial charge in [0.15, 0.2) is 5.82 Å². The summed E-state index contributed by atoms with van der Waals surface area (Å²) in [6.45, 7) is 8.32. The van der Waals surface area contributed by atoms with Crippen molar-refractivity contribution in [2.24, 2.45) is 0 Å². The number of aromatic nitrogens is 3. The fourth-order valence-electron chi connectivity index (χ4n) is 5.40. The van der Waals surface area contributed by atoms with Crippen LogP contribution in [0.25, 0.3) is 21.9 Å². The highest BCUT2D eigenvalue weighted by Crippen LogP contribution is 2.36. The van der Waals surface area contributed by atoms with Crippen LogP contribution >= 0.6 is 0 Å². The van der Waals surface area contributed by atoms with Gasteiger partial charge in [0.1, 0.15) is 17.0 Å². The molecular weight excluding hydrogens is 526 g/mol. The van der Waals surface area contributed by atoms with E-state index in [1.54, 1.807) is 14.2 Å². The number of rotatable bonds is 12. The fraction of sp³-hybridized carbons (Fsp3) is 0.353. The zero-order valence-electron chi connectivity index (χ0n) is 25.5. The van der Waals surface area contributed by atoms with Gasteiger partial charge in [0.25, 0.3) is 0 Å². The molecule has 1 N–H and O–H groups in total. The highest BCUT2D eigenvalue weighted by Gasteiger charge is 2.26. The molecule has 0 saturated carbocycles. The van der Waals surface area contributed by atoms with Gasteiger partial charge < -0.3 is 28.9 Å². The summed E-state index contributed by atoms with van der Waals surface area (Å²) in [6, 6.07) is 24.5. The second-order valence-electron chi connectivity index (χ2n) is 11.4. The van der Waals surface area contributed by atoms with E-state index < -0.39 is 5.60 Å². The summed E-state index contributed by atoms with van der Waals surface area (Å²) in [7, 11) is 5.42.